The summed E-state index contributed by atoms with van der Waals surface area (Å²) in [6, 6.07) is 18.8. The Morgan fingerprint density at radius 1 is 1.03 bits per heavy atom. The molecule has 0 heterocycles. The van der Waals surface area contributed by atoms with E-state index < -0.39 is 11.9 Å². The molecule has 0 spiro atoms. The Kier molecular flexibility index (Phi) is 7.97. The first-order valence-corrected chi connectivity index (χ1v) is 10.1. The zero-order valence-corrected chi connectivity index (χ0v) is 18.5. The van der Waals surface area contributed by atoms with Crippen LogP contribution in [0.5, 0.6) is 11.5 Å². The molecule has 7 nitrogen and oxygen atoms in total. The molecule has 0 radical (unpaired) electrons. The molecule has 0 atom stereocenters. The third-order valence-electron chi connectivity index (χ3n) is 4.76. The summed E-state index contributed by atoms with van der Waals surface area (Å²) in [7, 11) is 2.78. The second-order valence-corrected chi connectivity index (χ2v) is 7.01. The van der Waals surface area contributed by atoms with Crippen LogP contribution < -0.4 is 14.8 Å². The summed E-state index contributed by atoms with van der Waals surface area (Å²) in [6.45, 7) is 0.148. The van der Waals surface area contributed by atoms with Crippen LogP contribution in [0.4, 0.5) is 10.1 Å². The lowest BCUT2D eigenvalue weighted by Crippen LogP contribution is -2.13. The van der Waals surface area contributed by atoms with Gasteiger partial charge in [0.15, 0.2) is 0 Å². The van der Waals surface area contributed by atoms with Crippen LogP contribution in [0.1, 0.15) is 21.5 Å². The van der Waals surface area contributed by atoms with Crippen LogP contribution in [0.3, 0.4) is 0 Å². The number of benzene rings is 3. The molecule has 0 saturated carbocycles. The lowest BCUT2D eigenvalue weighted by Gasteiger charge is -2.12. The number of methoxy groups -OCH3 is 2. The van der Waals surface area contributed by atoms with Crippen molar-refractivity contribution in [3.8, 4) is 17.6 Å². The molecule has 0 aliphatic carbocycles. The van der Waals surface area contributed by atoms with Crippen molar-refractivity contribution < 1.29 is 28.2 Å². The Labute approximate surface area is 196 Å². The summed E-state index contributed by atoms with van der Waals surface area (Å²) < 4.78 is 28.9. The van der Waals surface area contributed by atoms with Crippen LogP contribution in [0, 0.1) is 17.1 Å². The van der Waals surface area contributed by atoms with Crippen molar-refractivity contribution in [2.45, 2.75) is 6.61 Å². The van der Waals surface area contributed by atoms with Gasteiger partial charge in [-0.1, -0.05) is 12.1 Å². The normalized spacial score (nSPS) is 10.7. The summed E-state index contributed by atoms with van der Waals surface area (Å²) in [5, 5.41) is 12.2. The van der Waals surface area contributed by atoms with Crippen LogP contribution in [-0.2, 0) is 16.1 Å². The highest BCUT2D eigenvalue weighted by Crippen LogP contribution is 2.28. The molecule has 1 N–H and O–H groups in total. The van der Waals surface area contributed by atoms with E-state index >= 15 is 0 Å². The highest BCUT2D eigenvalue weighted by molar-refractivity contribution is 6.10. The molecule has 0 bridgehead atoms. The van der Waals surface area contributed by atoms with Gasteiger partial charge in [-0.25, -0.2) is 9.18 Å². The first-order valence-electron chi connectivity index (χ1n) is 10.1. The Hall–Kier alpha value is -4.64. The van der Waals surface area contributed by atoms with Crippen molar-refractivity contribution in [1.82, 2.24) is 0 Å². The Bertz CT molecular complexity index is 1250. The van der Waals surface area contributed by atoms with Gasteiger partial charge in [-0.3, -0.25) is 4.79 Å². The summed E-state index contributed by atoms with van der Waals surface area (Å²) >= 11 is 0. The van der Waals surface area contributed by atoms with Crippen molar-refractivity contribution in [2.75, 3.05) is 19.5 Å². The van der Waals surface area contributed by atoms with Gasteiger partial charge >= 0.3 is 5.97 Å². The van der Waals surface area contributed by atoms with Crippen molar-refractivity contribution in [3.63, 3.8) is 0 Å². The highest BCUT2D eigenvalue weighted by Gasteiger charge is 2.13. The lowest BCUT2D eigenvalue weighted by atomic mass is 10.1. The van der Waals surface area contributed by atoms with Crippen molar-refractivity contribution in [1.29, 1.82) is 5.26 Å². The van der Waals surface area contributed by atoms with E-state index in [2.05, 4.69) is 10.1 Å². The number of carbonyl (C=O) groups excluding carboxylic acids is 2. The highest BCUT2D eigenvalue weighted by atomic mass is 19.1. The number of hydrogen-bond donors (Lipinski definition) is 1. The van der Waals surface area contributed by atoms with Crippen LogP contribution in [0.15, 0.2) is 72.3 Å². The molecule has 0 fully saturated rings. The molecule has 0 saturated heterocycles. The van der Waals surface area contributed by atoms with E-state index in [9.17, 15) is 19.2 Å². The molecule has 34 heavy (non-hydrogen) atoms. The summed E-state index contributed by atoms with van der Waals surface area (Å²) in [6.07, 6.45) is 1.40. The number of hydrogen-bond acceptors (Lipinski definition) is 6. The van der Waals surface area contributed by atoms with Gasteiger partial charge in [0.05, 0.1) is 19.8 Å². The fourth-order valence-corrected chi connectivity index (χ4v) is 2.94. The molecule has 8 heteroatoms. The SMILES string of the molecule is COC(=O)c1ccc(NC(=O)/C(C#N)=C/c2ccc(OC)cc2OCc2ccc(F)cc2)cc1. The fourth-order valence-electron chi connectivity index (χ4n) is 2.94. The van der Waals surface area contributed by atoms with Crippen LogP contribution in [-0.4, -0.2) is 26.1 Å². The lowest BCUT2D eigenvalue weighted by molar-refractivity contribution is -0.112. The summed E-state index contributed by atoms with van der Waals surface area (Å²) in [5.74, 6) is -0.568. The first kappa shape index (κ1) is 24.0. The summed E-state index contributed by atoms with van der Waals surface area (Å²) in [5.41, 5.74) is 1.80. The predicted molar refractivity (Wildman–Crippen MR) is 124 cm³/mol. The molecule has 0 aliphatic rings. The number of nitrogens with zero attached hydrogens (tertiary/aromatic N) is 1. The van der Waals surface area contributed by atoms with E-state index in [0.29, 0.717) is 28.3 Å². The molecule has 3 rings (SSSR count). The summed E-state index contributed by atoms with van der Waals surface area (Å²) in [4.78, 5) is 24.2. The fraction of sp³-hybridized carbons (Fsp3) is 0.115. The topological polar surface area (TPSA) is 97.7 Å². The molecule has 3 aromatic carbocycles. The van der Waals surface area contributed by atoms with E-state index in [1.165, 1.54) is 56.7 Å². The molecule has 0 unspecified atom stereocenters. The third kappa shape index (κ3) is 6.20. The van der Waals surface area contributed by atoms with Gasteiger partial charge in [-0.15, -0.1) is 0 Å². The number of nitrogens with one attached hydrogen (secondary N) is 1. The predicted octanol–water partition coefficient (Wildman–Crippen LogP) is 4.75. The molecule has 0 aliphatic heterocycles. The maximum Gasteiger partial charge on any atom is 0.337 e. The number of nitriles is 1. The van der Waals surface area contributed by atoms with Gasteiger partial charge < -0.3 is 19.5 Å². The van der Waals surface area contributed by atoms with Gasteiger partial charge in [-0.2, -0.15) is 5.26 Å². The minimum Gasteiger partial charge on any atom is -0.497 e. The maximum absolute atomic E-state index is 13.1. The maximum atomic E-state index is 13.1. The Morgan fingerprint density at radius 3 is 2.35 bits per heavy atom. The van der Waals surface area contributed by atoms with Crippen LogP contribution in [0.25, 0.3) is 6.08 Å². The average Bonchev–Trinajstić information content (AvgIpc) is 2.87. The van der Waals surface area contributed by atoms with E-state index in [4.69, 9.17) is 9.47 Å². The first-order chi connectivity index (χ1) is 16.4. The van der Waals surface area contributed by atoms with Crippen molar-refractivity contribution >= 4 is 23.6 Å². The quantitative estimate of drug-likeness (QED) is 0.296. The van der Waals surface area contributed by atoms with Gasteiger partial charge in [0.2, 0.25) is 0 Å². The van der Waals surface area contributed by atoms with Crippen molar-refractivity contribution in [2.24, 2.45) is 0 Å². The monoisotopic (exact) mass is 460 g/mol. The van der Waals surface area contributed by atoms with Crippen LogP contribution in [0.2, 0.25) is 0 Å². The van der Waals surface area contributed by atoms with Gasteiger partial charge in [-0.05, 0) is 60.2 Å². The zero-order chi connectivity index (χ0) is 24.5. The molecular formula is C26H21FN2O5. The number of rotatable bonds is 8. The second-order valence-electron chi connectivity index (χ2n) is 7.01. The molecule has 0 aromatic heterocycles. The standard InChI is InChI=1S/C26H21FN2O5/c1-32-23-12-7-19(24(14-23)34-16-17-3-8-21(27)9-4-17)13-20(15-28)25(30)29-22-10-5-18(6-11-22)26(31)33-2/h3-14H,16H2,1-2H3,(H,29,30)/b20-13+. The average molecular weight is 460 g/mol. The number of anilines is 1. The van der Waals surface area contributed by atoms with E-state index in [-0.39, 0.29) is 18.0 Å². The molecule has 1 amide bonds. The van der Waals surface area contributed by atoms with E-state index in [1.807, 2.05) is 6.07 Å². The third-order valence-corrected chi connectivity index (χ3v) is 4.76. The minimum atomic E-state index is -0.631. The van der Waals surface area contributed by atoms with Gasteiger partial charge in [0.1, 0.15) is 35.6 Å². The van der Waals surface area contributed by atoms with E-state index in [0.717, 1.165) is 5.56 Å². The van der Waals surface area contributed by atoms with Crippen LogP contribution >= 0.6 is 0 Å². The van der Waals surface area contributed by atoms with E-state index in [1.54, 1.807) is 30.3 Å². The minimum absolute atomic E-state index is 0.148. The van der Waals surface area contributed by atoms with Crippen molar-refractivity contribution in [3.05, 3.63) is 94.8 Å². The number of amides is 1. The molecule has 3 aromatic rings. The number of carbonyl (C=O) groups is 2. The Balaban J connectivity index is 1.80. The molecule has 172 valence electrons. The number of esters is 1. The second kappa shape index (κ2) is 11.3. The number of ether oxygens (including phenoxy) is 3. The zero-order valence-electron chi connectivity index (χ0n) is 18.5. The largest absolute Gasteiger partial charge is 0.497 e. The Morgan fingerprint density at radius 2 is 1.74 bits per heavy atom. The molecular weight excluding hydrogens is 439 g/mol. The van der Waals surface area contributed by atoms with Gasteiger partial charge in [0.25, 0.3) is 5.91 Å². The smallest absolute Gasteiger partial charge is 0.337 e. The number of halogens is 1. The van der Waals surface area contributed by atoms with Gasteiger partial charge in [0, 0.05) is 17.3 Å².